The molecule has 2 saturated heterocycles. The molecular weight excluding hydrogens is 479 g/mol. The number of aliphatic hydroxyl groups is 1. The molecule has 0 aromatic heterocycles. The highest BCUT2D eigenvalue weighted by molar-refractivity contribution is 6.43. The third kappa shape index (κ3) is 4.54. The van der Waals surface area contributed by atoms with E-state index in [0.717, 1.165) is 23.6 Å². The van der Waals surface area contributed by atoms with Crippen molar-refractivity contribution in [1.29, 1.82) is 0 Å². The first-order valence-electron chi connectivity index (χ1n) is 12.4. The van der Waals surface area contributed by atoms with E-state index in [9.17, 15) is 23.9 Å². The lowest BCUT2D eigenvalue weighted by atomic mass is 9.57. The second-order valence-corrected chi connectivity index (χ2v) is 10.2. The predicted molar refractivity (Wildman–Crippen MR) is 136 cm³/mol. The number of hydrogen-bond donors (Lipinski definition) is 2. The number of benzene rings is 2. The third-order valence-electron chi connectivity index (χ3n) is 7.33. The first-order chi connectivity index (χ1) is 17.6. The quantitative estimate of drug-likeness (QED) is 0.390. The van der Waals surface area contributed by atoms with Crippen LogP contribution in [0.3, 0.4) is 0 Å². The van der Waals surface area contributed by atoms with Crippen LogP contribution in [0.4, 0.5) is 4.39 Å². The molecule has 2 fully saturated rings. The maximum Gasteiger partial charge on any atom is 0.279 e. The first kappa shape index (κ1) is 25.4. The molecule has 5 rings (SSSR count). The predicted octanol–water partition coefficient (Wildman–Crippen LogP) is -0.806. The lowest BCUT2D eigenvalue weighted by Gasteiger charge is -2.45. The minimum Gasteiger partial charge on any atom is -0.488 e. The molecule has 2 N–H and O–H groups in total. The molecule has 3 heterocycles. The summed E-state index contributed by atoms with van der Waals surface area (Å²) in [6.07, 6.45) is -0.304. The SMILES string of the molecule is BC1(B)c2c(OCc3ccc(CN4CCOCC4)cc3F)cccc2C(=O)N1C1(O)CCC(=O)NC1=O. The topological polar surface area (TPSA) is 108 Å². The van der Waals surface area contributed by atoms with Gasteiger partial charge in [-0.15, -0.1) is 0 Å². The molecule has 0 spiro atoms. The molecule has 2 aromatic rings. The van der Waals surface area contributed by atoms with Crippen molar-refractivity contribution in [3.63, 3.8) is 0 Å². The fourth-order valence-corrected chi connectivity index (χ4v) is 5.46. The molecule has 12 heteroatoms. The molecule has 2 aromatic carbocycles. The molecule has 0 aliphatic carbocycles. The lowest BCUT2D eigenvalue weighted by molar-refractivity contribution is -0.170. The number of fused-ring (bicyclic) bond motifs is 1. The third-order valence-corrected chi connectivity index (χ3v) is 7.33. The summed E-state index contributed by atoms with van der Waals surface area (Å²) in [7, 11) is 3.40. The van der Waals surface area contributed by atoms with Crippen LogP contribution in [0.25, 0.3) is 0 Å². The van der Waals surface area contributed by atoms with E-state index in [1.807, 2.05) is 6.07 Å². The van der Waals surface area contributed by atoms with Crippen LogP contribution >= 0.6 is 0 Å². The van der Waals surface area contributed by atoms with Crippen molar-refractivity contribution in [2.24, 2.45) is 0 Å². The Hall–Kier alpha value is -3.21. The molecule has 0 radical (unpaired) electrons. The molecule has 192 valence electrons. The number of carbonyl (C=O) groups excluding carboxylic acids is 3. The molecule has 3 amide bonds. The van der Waals surface area contributed by atoms with Gasteiger partial charge in [-0.3, -0.25) is 24.6 Å². The average molecular weight is 507 g/mol. The lowest BCUT2D eigenvalue weighted by Crippen LogP contribution is -2.68. The van der Waals surface area contributed by atoms with Crippen molar-refractivity contribution in [3.8, 4) is 5.75 Å². The van der Waals surface area contributed by atoms with Gasteiger partial charge in [0.1, 0.15) is 33.9 Å². The fraction of sp³-hybridized carbons (Fsp3) is 0.400. The van der Waals surface area contributed by atoms with E-state index in [-0.39, 0.29) is 30.8 Å². The van der Waals surface area contributed by atoms with Gasteiger partial charge in [-0.05, 0) is 23.8 Å². The second kappa shape index (κ2) is 9.59. The molecule has 0 bridgehead atoms. The van der Waals surface area contributed by atoms with E-state index in [1.165, 1.54) is 6.07 Å². The zero-order chi connectivity index (χ0) is 26.4. The van der Waals surface area contributed by atoms with Gasteiger partial charge in [-0.2, -0.15) is 0 Å². The zero-order valence-corrected chi connectivity index (χ0v) is 20.9. The monoisotopic (exact) mass is 507 g/mol. The normalized spacial score (nSPS) is 23.6. The Labute approximate surface area is 215 Å². The van der Waals surface area contributed by atoms with E-state index >= 15 is 0 Å². The van der Waals surface area contributed by atoms with Crippen molar-refractivity contribution in [2.75, 3.05) is 26.3 Å². The number of nitrogens with zero attached hydrogens (tertiary/aromatic N) is 2. The van der Waals surface area contributed by atoms with Crippen molar-refractivity contribution in [3.05, 3.63) is 64.5 Å². The van der Waals surface area contributed by atoms with Gasteiger partial charge in [0.15, 0.2) is 0 Å². The van der Waals surface area contributed by atoms with E-state index in [4.69, 9.17) is 9.47 Å². The van der Waals surface area contributed by atoms with E-state index in [1.54, 1.807) is 40.0 Å². The van der Waals surface area contributed by atoms with Crippen molar-refractivity contribution in [1.82, 2.24) is 15.1 Å². The highest BCUT2D eigenvalue weighted by Crippen LogP contribution is 2.45. The molecular formula is C25H28B2FN3O6. The number of halogens is 1. The highest BCUT2D eigenvalue weighted by atomic mass is 19.1. The number of imide groups is 1. The van der Waals surface area contributed by atoms with Crippen LogP contribution in [-0.4, -0.2) is 80.3 Å². The number of hydrogen-bond acceptors (Lipinski definition) is 7. The van der Waals surface area contributed by atoms with Gasteiger partial charge in [0.25, 0.3) is 11.8 Å². The summed E-state index contributed by atoms with van der Waals surface area (Å²) in [5.41, 5.74) is -0.188. The summed E-state index contributed by atoms with van der Waals surface area (Å²) in [6, 6.07) is 10.0. The van der Waals surface area contributed by atoms with Gasteiger partial charge in [0, 0.05) is 54.5 Å². The summed E-state index contributed by atoms with van der Waals surface area (Å²) in [5, 5.41) is 12.2. The van der Waals surface area contributed by atoms with Gasteiger partial charge in [0.05, 0.1) is 13.2 Å². The van der Waals surface area contributed by atoms with Crippen LogP contribution < -0.4 is 10.1 Å². The molecule has 0 saturated carbocycles. The summed E-state index contributed by atoms with van der Waals surface area (Å²) < 4.78 is 26.3. The number of nitrogens with one attached hydrogen (secondary N) is 1. The number of amides is 3. The Kier molecular flexibility index (Phi) is 6.59. The van der Waals surface area contributed by atoms with Crippen molar-refractivity contribution < 1.29 is 33.4 Å². The Morgan fingerprint density at radius 1 is 1.14 bits per heavy atom. The van der Waals surface area contributed by atoms with Crippen LogP contribution in [0, 0.1) is 5.82 Å². The Morgan fingerprint density at radius 2 is 1.89 bits per heavy atom. The number of morpholine rings is 1. The van der Waals surface area contributed by atoms with E-state index in [2.05, 4.69) is 10.2 Å². The van der Waals surface area contributed by atoms with Crippen LogP contribution in [0.2, 0.25) is 0 Å². The maximum absolute atomic E-state index is 14.9. The standard InChI is InChI=1S/C25H28B2FN3O6/c26-25(27)21-17(22(33)31(25)24(35)7-6-20(32)29-23(24)34)2-1-3-19(21)37-14-16-5-4-15(12-18(16)28)13-30-8-10-36-11-9-30/h1-5,12,35H,6-11,13-14,26-27H2,(H,29,32,34). The molecule has 3 aliphatic heterocycles. The summed E-state index contributed by atoms with van der Waals surface area (Å²) in [6.45, 7) is 3.54. The van der Waals surface area contributed by atoms with E-state index < -0.39 is 28.8 Å². The number of piperidine rings is 1. The van der Waals surface area contributed by atoms with Crippen molar-refractivity contribution in [2.45, 2.75) is 37.1 Å². The Bertz CT molecular complexity index is 1270. The fourth-order valence-electron chi connectivity index (χ4n) is 5.46. The highest BCUT2D eigenvalue weighted by Gasteiger charge is 2.58. The summed E-state index contributed by atoms with van der Waals surface area (Å²) in [5.74, 6) is -2.01. The van der Waals surface area contributed by atoms with Gasteiger partial charge in [0.2, 0.25) is 11.6 Å². The van der Waals surface area contributed by atoms with Crippen LogP contribution in [0.1, 0.15) is 39.9 Å². The van der Waals surface area contributed by atoms with Crippen molar-refractivity contribution >= 4 is 33.4 Å². The zero-order valence-electron chi connectivity index (χ0n) is 20.9. The molecule has 1 atom stereocenters. The van der Waals surface area contributed by atoms with Gasteiger partial charge >= 0.3 is 0 Å². The number of ether oxygens (including phenoxy) is 2. The average Bonchev–Trinajstić information content (AvgIpc) is 3.08. The van der Waals surface area contributed by atoms with Gasteiger partial charge in [-0.25, -0.2) is 4.39 Å². The Morgan fingerprint density at radius 3 is 2.59 bits per heavy atom. The van der Waals surface area contributed by atoms with Gasteiger partial charge in [-0.1, -0.05) is 18.2 Å². The Balaban J connectivity index is 1.36. The number of rotatable bonds is 6. The largest absolute Gasteiger partial charge is 0.488 e. The smallest absolute Gasteiger partial charge is 0.279 e. The molecule has 37 heavy (non-hydrogen) atoms. The van der Waals surface area contributed by atoms with Crippen LogP contribution in [0.15, 0.2) is 36.4 Å². The van der Waals surface area contributed by atoms with Crippen LogP contribution in [0.5, 0.6) is 5.75 Å². The molecule has 1 unspecified atom stereocenters. The van der Waals surface area contributed by atoms with E-state index in [0.29, 0.717) is 36.6 Å². The maximum atomic E-state index is 14.9. The summed E-state index contributed by atoms with van der Waals surface area (Å²) in [4.78, 5) is 41.0. The van der Waals surface area contributed by atoms with Crippen LogP contribution in [-0.2, 0) is 32.8 Å². The molecule has 3 aliphatic rings. The first-order valence-corrected chi connectivity index (χ1v) is 12.4. The second-order valence-electron chi connectivity index (χ2n) is 10.2. The molecule has 9 nitrogen and oxygen atoms in total. The minimum absolute atomic E-state index is 0.0658. The summed E-state index contributed by atoms with van der Waals surface area (Å²) >= 11 is 0. The van der Waals surface area contributed by atoms with Gasteiger partial charge < -0.3 is 19.5 Å². The minimum atomic E-state index is -2.19. The number of carbonyl (C=O) groups is 3.